The van der Waals surface area contributed by atoms with Gasteiger partial charge in [0, 0.05) is 68.3 Å². The highest BCUT2D eigenvalue weighted by Crippen LogP contribution is 2.43. The molecule has 8 aromatic carbocycles. The van der Waals surface area contributed by atoms with Gasteiger partial charge in [0.15, 0.2) is 0 Å². The summed E-state index contributed by atoms with van der Waals surface area (Å²) in [5.41, 5.74) is 19.7. The van der Waals surface area contributed by atoms with Crippen LogP contribution in [0.2, 0.25) is 0 Å². The molecule has 0 radical (unpaired) electrons. The third-order valence-electron chi connectivity index (χ3n) is 14.2. The molecule has 0 N–H and O–H groups in total. The molecular weight excluding hydrogens is 1060 g/mol. The van der Waals surface area contributed by atoms with Gasteiger partial charge in [-0.15, -0.1) is 47.0 Å². The van der Waals surface area contributed by atoms with E-state index in [4.69, 9.17) is 18.9 Å². The number of rotatable bonds is 24. The lowest BCUT2D eigenvalue weighted by molar-refractivity contribution is 0.304. The Kier molecular flexibility index (Phi) is 21.7. The highest BCUT2D eigenvalue weighted by atomic mass is 32.2. The smallest absolute Gasteiger partial charge is 0.126 e. The Bertz CT molecular complexity index is 2760. The quantitative estimate of drug-likeness (QED) is 0.0554. The van der Waals surface area contributed by atoms with Crippen molar-refractivity contribution in [3.05, 3.63) is 235 Å². The number of hydrogen-bond acceptors (Lipinski definition) is 8. The fraction of sp³-hybridized carbons (Fsp3) is 0.333. The summed E-state index contributed by atoms with van der Waals surface area (Å²) in [5, 5.41) is 0. The topological polar surface area (TPSA) is 36.9 Å². The molecule has 1 aliphatic carbocycles. The molecule has 4 nitrogen and oxygen atoms in total. The first-order valence-electron chi connectivity index (χ1n) is 28.9. The van der Waals surface area contributed by atoms with Crippen molar-refractivity contribution in [2.45, 2.75) is 149 Å². The summed E-state index contributed by atoms with van der Waals surface area (Å²) in [6.07, 6.45) is 6.21. The molecule has 8 aromatic rings. The maximum absolute atomic E-state index is 7.12. The van der Waals surface area contributed by atoms with E-state index in [2.05, 4.69) is 201 Å². The maximum Gasteiger partial charge on any atom is 0.126 e. The van der Waals surface area contributed by atoms with Crippen molar-refractivity contribution in [1.82, 2.24) is 0 Å². The van der Waals surface area contributed by atoms with Gasteiger partial charge in [-0.3, -0.25) is 0 Å². The minimum absolute atomic E-state index is 0.618. The van der Waals surface area contributed by atoms with Crippen LogP contribution in [0.4, 0.5) is 0 Å². The molecule has 0 atom stereocenters. The minimum atomic E-state index is 0.618. The van der Waals surface area contributed by atoms with Crippen LogP contribution in [0.3, 0.4) is 0 Å². The van der Waals surface area contributed by atoms with Gasteiger partial charge in [0.25, 0.3) is 0 Å². The lowest BCUT2D eigenvalue weighted by atomic mass is 9.88. The largest absolute Gasteiger partial charge is 0.493 e. The van der Waals surface area contributed by atoms with Crippen LogP contribution in [-0.2, 0) is 48.7 Å². The predicted molar refractivity (Wildman–Crippen MR) is 343 cm³/mol. The van der Waals surface area contributed by atoms with E-state index in [1.165, 1.54) is 109 Å². The predicted octanol–water partition coefficient (Wildman–Crippen LogP) is 19.9. The third kappa shape index (κ3) is 16.3. The van der Waals surface area contributed by atoms with Crippen LogP contribution in [0.25, 0.3) is 0 Å². The SMILES string of the molecule is CCCOc1c2cc(CSc3ccc(C)cc3)cc1Cc1cc(CSc3ccc(C)cc3)cc(c1OCCC)Cc1cc(CSc3ccc(C)cc3)cc(c1OCCC)Cc1cc(CSc3ccc(C)cc3)cc(c1OCCC)C2. The molecule has 9 rings (SSSR count). The molecule has 0 heterocycles. The number of ether oxygens (including phenoxy) is 4. The van der Waals surface area contributed by atoms with Crippen molar-refractivity contribution >= 4 is 47.0 Å². The zero-order valence-electron chi connectivity index (χ0n) is 48.4. The van der Waals surface area contributed by atoms with Crippen LogP contribution < -0.4 is 18.9 Å². The molecule has 1 aliphatic rings. The van der Waals surface area contributed by atoms with Gasteiger partial charge in [-0.1, -0.05) is 147 Å². The second kappa shape index (κ2) is 29.4. The van der Waals surface area contributed by atoms with Crippen LogP contribution in [0.5, 0.6) is 23.0 Å². The molecule has 8 heteroatoms. The summed E-state index contributed by atoms with van der Waals surface area (Å²) < 4.78 is 28.5. The van der Waals surface area contributed by atoms with E-state index >= 15 is 0 Å². The first-order valence-corrected chi connectivity index (χ1v) is 32.9. The lowest BCUT2D eigenvalue weighted by Gasteiger charge is -2.25. The zero-order valence-corrected chi connectivity index (χ0v) is 51.7. The van der Waals surface area contributed by atoms with Gasteiger partial charge in [0.1, 0.15) is 23.0 Å². The summed E-state index contributed by atoms with van der Waals surface area (Å²) >= 11 is 7.58. The molecular formula is C72H80O4S4. The van der Waals surface area contributed by atoms with Crippen molar-refractivity contribution in [1.29, 1.82) is 0 Å². The Morgan fingerprint density at radius 3 is 0.613 bits per heavy atom. The Morgan fingerprint density at radius 2 is 0.450 bits per heavy atom. The molecule has 0 saturated carbocycles. The molecule has 0 saturated heterocycles. The lowest BCUT2D eigenvalue weighted by Crippen LogP contribution is -2.11. The van der Waals surface area contributed by atoms with Crippen molar-refractivity contribution in [3.8, 4) is 23.0 Å². The van der Waals surface area contributed by atoms with E-state index in [-0.39, 0.29) is 0 Å². The van der Waals surface area contributed by atoms with Gasteiger partial charge >= 0.3 is 0 Å². The number of aryl methyl sites for hydroxylation is 4. The van der Waals surface area contributed by atoms with Gasteiger partial charge in [0.05, 0.1) is 26.4 Å². The Hall–Kier alpha value is -5.64. The van der Waals surface area contributed by atoms with E-state index in [1.807, 2.05) is 47.0 Å². The van der Waals surface area contributed by atoms with Crippen LogP contribution >= 0.6 is 47.0 Å². The van der Waals surface area contributed by atoms with Crippen molar-refractivity contribution < 1.29 is 18.9 Å². The van der Waals surface area contributed by atoms with Gasteiger partial charge < -0.3 is 18.9 Å². The normalized spacial score (nSPS) is 12.1. The summed E-state index contributed by atoms with van der Waals surface area (Å²) in [6.45, 7) is 19.9. The Labute approximate surface area is 496 Å². The van der Waals surface area contributed by atoms with Crippen LogP contribution in [0.15, 0.2) is 165 Å². The first kappa shape index (κ1) is 59.0. The molecule has 416 valence electrons. The highest BCUT2D eigenvalue weighted by molar-refractivity contribution is 7.99. The van der Waals surface area contributed by atoms with Crippen molar-refractivity contribution in [2.24, 2.45) is 0 Å². The Morgan fingerprint density at radius 1 is 0.275 bits per heavy atom. The molecule has 0 unspecified atom stereocenters. The maximum atomic E-state index is 7.12. The first-order chi connectivity index (χ1) is 39.0. The van der Waals surface area contributed by atoms with Gasteiger partial charge in [-0.05, 0) is 169 Å². The summed E-state index contributed by atoms with van der Waals surface area (Å²) in [4.78, 5) is 5.05. The molecule has 8 bridgehead atoms. The highest BCUT2D eigenvalue weighted by Gasteiger charge is 2.25. The zero-order chi connectivity index (χ0) is 55.8. The molecule has 80 heavy (non-hydrogen) atoms. The van der Waals surface area contributed by atoms with E-state index in [9.17, 15) is 0 Å². The summed E-state index contributed by atoms with van der Waals surface area (Å²) in [6, 6.07) is 55.2. The molecule has 0 aromatic heterocycles. The molecule has 0 aliphatic heterocycles. The molecule has 0 amide bonds. The number of thioether (sulfide) groups is 4. The van der Waals surface area contributed by atoms with Crippen LogP contribution in [0.1, 0.15) is 142 Å². The second-order valence-corrected chi connectivity index (χ2v) is 25.7. The fourth-order valence-electron chi connectivity index (χ4n) is 10.3. The monoisotopic (exact) mass is 1140 g/mol. The third-order valence-corrected chi connectivity index (χ3v) is 18.6. The molecule has 0 spiro atoms. The van der Waals surface area contributed by atoms with Crippen LogP contribution in [0, 0.1) is 27.7 Å². The Balaban J connectivity index is 1.29. The number of fused-ring (bicyclic) bond motifs is 8. The van der Waals surface area contributed by atoms with E-state index in [0.29, 0.717) is 52.1 Å². The second-order valence-electron chi connectivity index (χ2n) is 21.5. The van der Waals surface area contributed by atoms with Gasteiger partial charge in [-0.2, -0.15) is 0 Å². The van der Waals surface area contributed by atoms with Gasteiger partial charge in [0.2, 0.25) is 0 Å². The average molecular weight is 1140 g/mol. The minimum Gasteiger partial charge on any atom is -0.493 e. The van der Waals surface area contributed by atoms with E-state index in [0.717, 1.165) is 71.7 Å². The van der Waals surface area contributed by atoms with Crippen LogP contribution in [-0.4, -0.2) is 26.4 Å². The van der Waals surface area contributed by atoms with Gasteiger partial charge in [-0.25, -0.2) is 0 Å². The average Bonchev–Trinajstić information content (AvgIpc) is 3.48. The standard InChI is InChI=1S/C72H80O4S4/c1-9-29-73-69-57-33-53(45-77-65-21-13-49(5)14-22-65)34-58(69)42-60-36-55(47-79-67-25-17-51(7)18-26-67)38-62(71(60)75-31-11-3)44-64-40-56(48-80-68-27-19-52(8)20-28-68)39-63(72(64)76-32-12-4)43-61-37-54(35-59(41-57)70(61)74-30-10-2)46-78-66-23-15-50(6)16-24-66/h13-28,33-40H,9-12,29-32,41-48H2,1-8H3. The molecule has 0 fully saturated rings. The van der Waals surface area contributed by atoms with Crippen molar-refractivity contribution in [2.75, 3.05) is 26.4 Å². The number of hydrogen-bond donors (Lipinski definition) is 0. The fourth-order valence-corrected chi connectivity index (χ4v) is 13.6. The van der Waals surface area contributed by atoms with E-state index < -0.39 is 0 Å². The summed E-state index contributed by atoms with van der Waals surface area (Å²) in [7, 11) is 0. The number of benzene rings is 8. The van der Waals surface area contributed by atoms with Crippen molar-refractivity contribution in [3.63, 3.8) is 0 Å². The van der Waals surface area contributed by atoms with E-state index in [1.54, 1.807) is 0 Å². The summed E-state index contributed by atoms with van der Waals surface area (Å²) in [5.74, 6) is 7.21.